The van der Waals surface area contributed by atoms with E-state index in [1.165, 1.54) is 12.2 Å². The summed E-state index contributed by atoms with van der Waals surface area (Å²) in [6.45, 7) is 1.93. The summed E-state index contributed by atoms with van der Waals surface area (Å²) in [5.41, 5.74) is 1.87. The molecule has 1 aromatic carbocycles. The first-order chi connectivity index (χ1) is 9.38. The van der Waals surface area contributed by atoms with Gasteiger partial charge < -0.3 is 15.5 Å². The van der Waals surface area contributed by atoms with Crippen LogP contribution in [0.2, 0.25) is 0 Å². The molecule has 6 heteroatoms. The number of amides is 1. The molecule has 1 unspecified atom stereocenters. The number of hydrogen-bond donors (Lipinski definition) is 3. The predicted octanol–water partition coefficient (Wildman–Crippen LogP) is 1.05. The molecule has 1 atom stereocenters. The van der Waals surface area contributed by atoms with Crippen LogP contribution in [-0.4, -0.2) is 34.1 Å². The Morgan fingerprint density at radius 3 is 2.30 bits per heavy atom. The van der Waals surface area contributed by atoms with E-state index in [0.29, 0.717) is 0 Å². The molecule has 0 aromatic heterocycles. The van der Waals surface area contributed by atoms with Gasteiger partial charge in [-0.25, -0.2) is 4.79 Å². The van der Waals surface area contributed by atoms with E-state index in [1.807, 2.05) is 31.2 Å². The quantitative estimate of drug-likeness (QED) is 0.674. The second-order valence-electron chi connectivity index (χ2n) is 4.24. The van der Waals surface area contributed by atoms with Gasteiger partial charge in [0.15, 0.2) is 0 Å². The van der Waals surface area contributed by atoms with Gasteiger partial charge in [-0.1, -0.05) is 29.8 Å². The van der Waals surface area contributed by atoms with Crippen molar-refractivity contribution in [3.63, 3.8) is 0 Å². The molecule has 0 aliphatic rings. The molecule has 1 aromatic rings. The van der Waals surface area contributed by atoms with E-state index in [2.05, 4.69) is 5.32 Å². The molecule has 0 heterocycles. The molecule has 0 aliphatic heterocycles. The van der Waals surface area contributed by atoms with Gasteiger partial charge in [0.1, 0.15) is 6.04 Å². The summed E-state index contributed by atoms with van der Waals surface area (Å²) < 4.78 is 0. The third kappa shape index (κ3) is 5.34. The molecule has 0 saturated heterocycles. The van der Waals surface area contributed by atoms with Crippen LogP contribution in [0.25, 0.3) is 6.08 Å². The van der Waals surface area contributed by atoms with Crippen molar-refractivity contribution >= 4 is 23.9 Å². The van der Waals surface area contributed by atoms with Gasteiger partial charge in [0.2, 0.25) is 5.91 Å². The lowest BCUT2D eigenvalue weighted by Crippen LogP contribution is -2.41. The van der Waals surface area contributed by atoms with Crippen molar-refractivity contribution in [2.45, 2.75) is 19.4 Å². The zero-order valence-electron chi connectivity index (χ0n) is 10.9. The summed E-state index contributed by atoms with van der Waals surface area (Å²) in [5, 5.41) is 19.5. The maximum atomic E-state index is 11.5. The average Bonchev–Trinajstić information content (AvgIpc) is 2.36. The van der Waals surface area contributed by atoms with Gasteiger partial charge in [-0.2, -0.15) is 0 Å². The highest BCUT2D eigenvalue weighted by atomic mass is 16.4. The molecule has 3 N–H and O–H groups in total. The predicted molar refractivity (Wildman–Crippen MR) is 72.0 cm³/mol. The van der Waals surface area contributed by atoms with Crippen LogP contribution in [0, 0.1) is 6.92 Å². The lowest BCUT2D eigenvalue weighted by atomic mass is 10.1. The fourth-order valence-corrected chi connectivity index (χ4v) is 1.44. The van der Waals surface area contributed by atoms with Crippen LogP contribution in [0.3, 0.4) is 0 Å². The fourth-order valence-electron chi connectivity index (χ4n) is 1.44. The lowest BCUT2D eigenvalue weighted by molar-refractivity contribution is -0.146. The molecule has 0 fully saturated rings. The Hall–Kier alpha value is -2.63. The number of aryl methyl sites for hydroxylation is 1. The molecule has 0 saturated carbocycles. The van der Waals surface area contributed by atoms with Gasteiger partial charge in [-0.05, 0) is 18.6 Å². The van der Waals surface area contributed by atoms with Crippen LogP contribution in [0.5, 0.6) is 0 Å². The highest BCUT2D eigenvalue weighted by Gasteiger charge is 2.21. The monoisotopic (exact) mass is 277 g/mol. The molecule has 6 nitrogen and oxygen atoms in total. The third-order valence-corrected chi connectivity index (χ3v) is 2.50. The molecular formula is C14H15NO5. The minimum Gasteiger partial charge on any atom is -0.481 e. The maximum absolute atomic E-state index is 11.5. The molecule has 1 rings (SSSR count). The van der Waals surface area contributed by atoms with Crippen molar-refractivity contribution in [1.82, 2.24) is 5.32 Å². The summed E-state index contributed by atoms with van der Waals surface area (Å²) in [5.74, 6) is -3.33. The Morgan fingerprint density at radius 2 is 1.80 bits per heavy atom. The zero-order valence-corrected chi connectivity index (χ0v) is 10.9. The van der Waals surface area contributed by atoms with Crippen LogP contribution >= 0.6 is 0 Å². The van der Waals surface area contributed by atoms with Crippen molar-refractivity contribution in [1.29, 1.82) is 0 Å². The average molecular weight is 277 g/mol. The normalized spacial score (nSPS) is 12.1. The summed E-state index contributed by atoms with van der Waals surface area (Å²) in [7, 11) is 0. The van der Waals surface area contributed by atoms with Crippen LogP contribution in [0.15, 0.2) is 30.3 Å². The number of hydrogen-bond acceptors (Lipinski definition) is 3. The molecule has 20 heavy (non-hydrogen) atoms. The largest absolute Gasteiger partial charge is 0.481 e. The molecule has 0 spiro atoms. The summed E-state index contributed by atoms with van der Waals surface area (Å²) in [6, 6.07) is 5.93. The molecule has 0 bridgehead atoms. The first kappa shape index (κ1) is 15.4. The van der Waals surface area contributed by atoms with Gasteiger partial charge in [-0.15, -0.1) is 0 Å². The standard InChI is InChI=1S/C14H15NO5/c1-9-2-4-10(5-3-9)6-7-12(16)15-11(14(19)20)8-13(17)18/h2-7,11H,8H2,1H3,(H,15,16)(H,17,18)(H,19,20)/b7-6+. The Balaban J connectivity index is 2.63. The van der Waals surface area contributed by atoms with E-state index < -0.39 is 30.3 Å². The number of nitrogens with one attached hydrogen (secondary N) is 1. The van der Waals surface area contributed by atoms with Crippen molar-refractivity contribution in [2.75, 3.05) is 0 Å². The Bertz CT molecular complexity index is 533. The number of carboxylic acids is 2. The lowest BCUT2D eigenvalue weighted by Gasteiger charge is -2.10. The summed E-state index contributed by atoms with van der Waals surface area (Å²) in [4.78, 5) is 32.8. The van der Waals surface area contributed by atoms with Crippen molar-refractivity contribution < 1.29 is 24.6 Å². The first-order valence-corrected chi connectivity index (χ1v) is 5.88. The number of carbonyl (C=O) groups is 3. The Labute approximate surface area is 115 Å². The van der Waals surface area contributed by atoms with Crippen LogP contribution in [0.1, 0.15) is 17.5 Å². The smallest absolute Gasteiger partial charge is 0.326 e. The van der Waals surface area contributed by atoms with Crippen molar-refractivity contribution in [3.8, 4) is 0 Å². The number of aliphatic carboxylic acids is 2. The Morgan fingerprint density at radius 1 is 1.20 bits per heavy atom. The van der Waals surface area contributed by atoms with E-state index in [4.69, 9.17) is 10.2 Å². The van der Waals surface area contributed by atoms with Crippen molar-refractivity contribution in [3.05, 3.63) is 41.5 Å². The van der Waals surface area contributed by atoms with Crippen LogP contribution in [-0.2, 0) is 14.4 Å². The SMILES string of the molecule is Cc1ccc(/C=C/C(=O)NC(CC(=O)O)C(=O)O)cc1. The molecule has 1 amide bonds. The highest BCUT2D eigenvalue weighted by Crippen LogP contribution is 2.04. The number of benzene rings is 1. The highest BCUT2D eigenvalue weighted by molar-refractivity contribution is 5.95. The van der Waals surface area contributed by atoms with Crippen LogP contribution in [0.4, 0.5) is 0 Å². The first-order valence-electron chi connectivity index (χ1n) is 5.88. The molecule has 0 radical (unpaired) electrons. The van der Waals surface area contributed by atoms with E-state index in [1.54, 1.807) is 0 Å². The summed E-state index contributed by atoms with van der Waals surface area (Å²) >= 11 is 0. The third-order valence-electron chi connectivity index (χ3n) is 2.50. The second kappa shape index (κ2) is 7.08. The van der Waals surface area contributed by atoms with Gasteiger partial charge in [0, 0.05) is 6.08 Å². The van der Waals surface area contributed by atoms with Crippen molar-refractivity contribution in [2.24, 2.45) is 0 Å². The minimum absolute atomic E-state index is 0.653. The number of carbonyl (C=O) groups excluding carboxylic acids is 1. The minimum atomic E-state index is -1.44. The van der Waals surface area contributed by atoms with E-state index >= 15 is 0 Å². The summed E-state index contributed by atoms with van der Waals surface area (Å²) in [6.07, 6.45) is 2.02. The fraction of sp³-hybridized carbons (Fsp3) is 0.214. The van der Waals surface area contributed by atoms with E-state index in [0.717, 1.165) is 11.1 Å². The Kier molecular flexibility index (Phi) is 5.46. The van der Waals surface area contributed by atoms with Gasteiger partial charge in [0.25, 0.3) is 0 Å². The van der Waals surface area contributed by atoms with Crippen LogP contribution < -0.4 is 5.32 Å². The molecule has 0 aliphatic carbocycles. The topological polar surface area (TPSA) is 104 Å². The second-order valence-corrected chi connectivity index (χ2v) is 4.24. The molecule has 106 valence electrons. The molecular weight excluding hydrogens is 262 g/mol. The number of rotatable bonds is 6. The van der Waals surface area contributed by atoms with Gasteiger partial charge in [-0.3, -0.25) is 9.59 Å². The van der Waals surface area contributed by atoms with E-state index in [-0.39, 0.29) is 0 Å². The maximum Gasteiger partial charge on any atom is 0.326 e. The van der Waals surface area contributed by atoms with Gasteiger partial charge in [0.05, 0.1) is 6.42 Å². The zero-order chi connectivity index (χ0) is 15.1. The van der Waals surface area contributed by atoms with Gasteiger partial charge >= 0.3 is 11.9 Å². The van der Waals surface area contributed by atoms with E-state index in [9.17, 15) is 14.4 Å². The number of carboxylic acid groups (broad SMARTS) is 2.